The van der Waals surface area contributed by atoms with Crippen LogP contribution in [0.3, 0.4) is 0 Å². The molecule has 1 atom stereocenters. The maximum Gasteiger partial charge on any atom is 0.318 e. The molecule has 2 amide bonds. The van der Waals surface area contributed by atoms with Crippen LogP contribution in [0.5, 0.6) is 0 Å². The number of hydrogen-bond acceptors (Lipinski definition) is 5. The molecule has 0 aromatic carbocycles. The molecular weight excluding hydrogens is 306 g/mol. The van der Waals surface area contributed by atoms with Gasteiger partial charge in [-0.05, 0) is 25.6 Å². The number of pyridine rings is 1. The summed E-state index contributed by atoms with van der Waals surface area (Å²) in [6, 6.07) is 4.18. The second-order valence-corrected chi connectivity index (χ2v) is 6.59. The summed E-state index contributed by atoms with van der Waals surface area (Å²) in [5.41, 5.74) is 1.02. The van der Waals surface area contributed by atoms with E-state index >= 15 is 0 Å². The van der Waals surface area contributed by atoms with E-state index in [0.717, 1.165) is 37.6 Å². The number of rotatable bonds is 3. The lowest BCUT2D eigenvalue weighted by Gasteiger charge is -2.33. The predicted octanol–water partition coefficient (Wildman–Crippen LogP) is 0.764. The maximum absolute atomic E-state index is 12.3. The van der Waals surface area contributed by atoms with Crippen LogP contribution in [0.4, 0.5) is 10.6 Å². The van der Waals surface area contributed by atoms with Gasteiger partial charge in [0.1, 0.15) is 5.82 Å². The van der Waals surface area contributed by atoms with Crippen molar-refractivity contribution in [3.8, 4) is 0 Å². The Bertz CT molecular complexity index is 542. The summed E-state index contributed by atoms with van der Waals surface area (Å²) < 4.78 is 5.36. The SMILES string of the molecule is CC1COCCN1C(=O)NCc1ccc(N2CCN(C)CC2)nc1. The molecular formula is C17H27N5O2. The number of aromatic nitrogens is 1. The van der Waals surface area contributed by atoms with E-state index in [1.165, 1.54) is 0 Å². The Morgan fingerprint density at radius 1 is 1.29 bits per heavy atom. The number of piperazine rings is 1. The number of urea groups is 1. The van der Waals surface area contributed by atoms with E-state index in [1.54, 1.807) is 0 Å². The van der Waals surface area contributed by atoms with Crippen molar-refractivity contribution in [2.24, 2.45) is 0 Å². The Labute approximate surface area is 143 Å². The fourth-order valence-corrected chi connectivity index (χ4v) is 3.05. The largest absolute Gasteiger partial charge is 0.377 e. The monoisotopic (exact) mass is 333 g/mol. The van der Waals surface area contributed by atoms with Gasteiger partial charge in [0, 0.05) is 45.5 Å². The molecule has 24 heavy (non-hydrogen) atoms. The summed E-state index contributed by atoms with van der Waals surface area (Å²) >= 11 is 0. The Hall–Kier alpha value is -1.86. The van der Waals surface area contributed by atoms with E-state index in [9.17, 15) is 4.79 Å². The van der Waals surface area contributed by atoms with Crippen LogP contribution in [0, 0.1) is 0 Å². The van der Waals surface area contributed by atoms with Crippen LogP contribution in [0.15, 0.2) is 18.3 Å². The number of nitrogens with zero attached hydrogens (tertiary/aromatic N) is 4. The minimum absolute atomic E-state index is 0.0334. The van der Waals surface area contributed by atoms with E-state index in [4.69, 9.17) is 4.74 Å². The number of anilines is 1. The lowest BCUT2D eigenvalue weighted by atomic mass is 10.2. The highest BCUT2D eigenvalue weighted by molar-refractivity contribution is 5.74. The van der Waals surface area contributed by atoms with Crippen molar-refractivity contribution in [1.29, 1.82) is 0 Å². The fraction of sp³-hybridized carbons (Fsp3) is 0.647. The van der Waals surface area contributed by atoms with Gasteiger partial charge in [0.2, 0.25) is 0 Å². The molecule has 0 bridgehead atoms. The minimum atomic E-state index is -0.0334. The quantitative estimate of drug-likeness (QED) is 0.885. The third-order valence-electron chi connectivity index (χ3n) is 4.71. The van der Waals surface area contributed by atoms with E-state index in [1.807, 2.05) is 30.2 Å². The van der Waals surface area contributed by atoms with Crippen molar-refractivity contribution >= 4 is 11.8 Å². The Balaban J connectivity index is 1.50. The average Bonchev–Trinajstić information content (AvgIpc) is 2.61. The zero-order valence-electron chi connectivity index (χ0n) is 14.6. The minimum Gasteiger partial charge on any atom is -0.377 e. The Morgan fingerprint density at radius 3 is 2.75 bits per heavy atom. The van der Waals surface area contributed by atoms with Crippen molar-refractivity contribution in [3.63, 3.8) is 0 Å². The average molecular weight is 333 g/mol. The highest BCUT2D eigenvalue weighted by atomic mass is 16.5. The summed E-state index contributed by atoms with van der Waals surface area (Å²) in [5.74, 6) is 1.01. The van der Waals surface area contributed by atoms with E-state index in [2.05, 4.69) is 27.1 Å². The first-order chi connectivity index (χ1) is 11.6. The number of ether oxygens (including phenoxy) is 1. The van der Waals surface area contributed by atoms with Gasteiger partial charge in [0.05, 0.1) is 19.3 Å². The molecule has 7 heteroatoms. The zero-order chi connectivity index (χ0) is 16.9. The number of carbonyl (C=O) groups is 1. The van der Waals surface area contributed by atoms with Gasteiger partial charge >= 0.3 is 6.03 Å². The molecule has 1 aromatic rings. The molecule has 0 saturated carbocycles. The number of hydrogen-bond donors (Lipinski definition) is 1. The molecule has 1 aromatic heterocycles. The summed E-state index contributed by atoms with van der Waals surface area (Å²) in [4.78, 5) is 23.3. The van der Waals surface area contributed by atoms with Gasteiger partial charge in [-0.25, -0.2) is 9.78 Å². The highest BCUT2D eigenvalue weighted by Gasteiger charge is 2.23. The molecule has 2 aliphatic heterocycles. The van der Waals surface area contributed by atoms with Gasteiger partial charge in [-0.15, -0.1) is 0 Å². The molecule has 1 unspecified atom stereocenters. The summed E-state index contributed by atoms with van der Waals surface area (Å²) in [7, 11) is 2.14. The van der Waals surface area contributed by atoms with E-state index in [0.29, 0.717) is 26.3 Å². The van der Waals surface area contributed by atoms with Crippen LogP contribution in [0.1, 0.15) is 12.5 Å². The normalized spacial score (nSPS) is 22.5. The lowest BCUT2D eigenvalue weighted by Crippen LogP contribution is -2.51. The standard InChI is InChI=1S/C17H27N5O2/c1-14-13-24-10-9-22(14)17(23)19-12-15-3-4-16(18-11-15)21-7-5-20(2)6-8-21/h3-4,11,14H,5-10,12-13H2,1-2H3,(H,19,23). The fourth-order valence-electron chi connectivity index (χ4n) is 3.05. The maximum atomic E-state index is 12.3. The molecule has 2 saturated heterocycles. The third kappa shape index (κ3) is 4.15. The predicted molar refractivity (Wildman–Crippen MR) is 93.2 cm³/mol. The summed E-state index contributed by atoms with van der Waals surface area (Å²) in [6.45, 7) is 8.52. The smallest absolute Gasteiger partial charge is 0.318 e. The molecule has 0 radical (unpaired) electrons. The first kappa shape index (κ1) is 17.0. The van der Waals surface area contributed by atoms with Crippen molar-refractivity contribution in [3.05, 3.63) is 23.9 Å². The molecule has 2 aliphatic rings. The topological polar surface area (TPSA) is 60.9 Å². The number of nitrogens with one attached hydrogen (secondary N) is 1. The first-order valence-electron chi connectivity index (χ1n) is 8.64. The van der Waals surface area contributed by atoms with Crippen molar-refractivity contribution in [2.75, 3.05) is 57.9 Å². The van der Waals surface area contributed by atoms with Crippen LogP contribution in [0.2, 0.25) is 0 Å². The van der Waals surface area contributed by atoms with E-state index < -0.39 is 0 Å². The molecule has 7 nitrogen and oxygen atoms in total. The first-order valence-corrected chi connectivity index (χ1v) is 8.64. The second-order valence-electron chi connectivity index (χ2n) is 6.59. The van der Waals surface area contributed by atoms with Gasteiger partial charge in [0.25, 0.3) is 0 Å². The van der Waals surface area contributed by atoms with Crippen LogP contribution in [-0.2, 0) is 11.3 Å². The zero-order valence-corrected chi connectivity index (χ0v) is 14.6. The number of carbonyl (C=O) groups excluding carboxylic acids is 1. The molecule has 3 heterocycles. The van der Waals surface area contributed by atoms with Crippen LogP contribution in [0.25, 0.3) is 0 Å². The van der Waals surface area contributed by atoms with Crippen molar-refractivity contribution in [1.82, 2.24) is 20.1 Å². The van der Waals surface area contributed by atoms with Crippen molar-refractivity contribution < 1.29 is 9.53 Å². The number of likely N-dealkylation sites (N-methyl/N-ethyl adjacent to an activating group) is 1. The number of morpholine rings is 1. The summed E-state index contributed by atoms with van der Waals surface area (Å²) in [5, 5.41) is 2.98. The molecule has 132 valence electrons. The molecule has 0 aliphatic carbocycles. The van der Waals surface area contributed by atoms with Gasteiger partial charge in [-0.2, -0.15) is 0 Å². The van der Waals surface area contributed by atoms with Gasteiger partial charge in [0.15, 0.2) is 0 Å². The van der Waals surface area contributed by atoms with E-state index in [-0.39, 0.29) is 12.1 Å². The van der Waals surface area contributed by atoms with Gasteiger partial charge in [-0.3, -0.25) is 0 Å². The van der Waals surface area contributed by atoms with Crippen LogP contribution < -0.4 is 10.2 Å². The molecule has 3 rings (SSSR count). The third-order valence-corrected chi connectivity index (χ3v) is 4.71. The Kier molecular flexibility index (Phi) is 5.52. The van der Waals surface area contributed by atoms with Gasteiger partial charge < -0.3 is 24.8 Å². The summed E-state index contributed by atoms with van der Waals surface area (Å²) in [6.07, 6.45) is 1.86. The molecule has 2 fully saturated rings. The second kappa shape index (κ2) is 7.81. The lowest BCUT2D eigenvalue weighted by molar-refractivity contribution is 0.0190. The van der Waals surface area contributed by atoms with Gasteiger partial charge in [-0.1, -0.05) is 6.07 Å². The van der Waals surface area contributed by atoms with Crippen LogP contribution >= 0.6 is 0 Å². The van der Waals surface area contributed by atoms with Crippen LogP contribution in [-0.4, -0.2) is 79.8 Å². The Morgan fingerprint density at radius 2 is 2.08 bits per heavy atom. The molecule has 1 N–H and O–H groups in total. The highest BCUT2D eigenvalue weighted by Crippen LogP contribution is 2.14. The molecule has 0 spiro atoms. The van der Waals surface area contributed by atoms with Crippen molar-refractivity contribution in [2.45, 2.75) is 19.5 Å². The number of amides is 2.